The molecular formula is C12H15ClN2O2. The monoisotopic (exact) mass is 254 g/mol. The molecule has 92 valence electrons. The van der Waals surface area contributed by atoms with E-state index < -0.39 is 0 Å². The number of phenols is 1. The molecule has 0 spiro atoms. The fourth-order valence-corrected chi connectivity index (χ4v) is 2.20. The first-order valence-electron chi connectivity index (χ1n) is 5.57. The molecule has 4 nitrogen and oxygen atoms in total. The normalized spacial score (nSPS) is 19.6. The standard InChI is InChI=1S/C12H15ClN2O2/c1-14-9-4-5-15(7-9)12(17)10-3-2-8(13)6-11(10)16/h2-3,6,9,14,16H,4-5,7H2,1H3. The number of likely N-dealkylation sites (N-methyl/N-ethyl adjacent to an activating group) is 1. The van der Waals surface area contributed by atoms with Crippen LogP contribution < -0.4 is 5.32 Å². The maximum atomic E-state index is 12.1. The Morgan fingerprint density at radius 3 is 2.94 bits per heavy atom. The van der Waals surface area contributed by atoms with E-state index in [1.165, 1.54) is 6.07 Å². The Bertz CT molecular complexity index is 437. The summed E-state index contributed by atoms with van der Waals surface area (Å²) in [5, 5.41) is 13.3. The number of nitrogens with zero attached hydrogens (tertiary/aromatic N) is 1. The first kappa shape index (κ1) is 12.2. The van der Waals surface area contributed by atoms with Gasteiger partial charge in [0.1, 0.15) is 5.75 Å². The fraction of sp³-hybridized carbons (Fsp3) is 0.417. The third kappa shape index (κ3) is 2.53. The smallest absolute Gasteiger partial charge is 0.257 e. The van der Waals surface area contributed by atoms with Crippen molar-refractivity contribution in [3.05, 3.63) is 28.8 Å². The third-order valence-corrected chi connectivity index (χ3v) is 3.31. The van der Waals surface area contributed by atoms with E-state index in [0.717, 1.165) is 6.42 Å². The zero-order valence-corrected chi connectivity index (χ0v) is 10.4. The van der Waals surface area contributed by atoms with Crippen LogP contribution in [0.2, 0.25) is 5.02 Å². The molecule has 0 radical (unpaired) electrons. The number of hydrogen-bond donors (Lipinski definition) is 2. The van der Waals surface area contributed by atoms with Crippen molar-refractivity contribution >= 4 is 17.5 Å². The van der Waals surface area contributed by atoms with Crippen LogP contribution in [0.3, 0.4) is 0 Å². The lowest BCUT2D eigenvalue weighted by molar-refractivity contribution is 0.0786. The maximum absolute atomic E-state index is 12.1. The number of amides is 1. The second-order valence-electron chi connectivity index (χ2n) is 4.19. The molecule has 1 aromatic carbocycles. The van der Waals surface area contributed by atoms with Crippen LogP contribution in [0.15, 0.2) is 18.2 Å². The number of carbonyl (C=O) groups excluding carboxylic acids is 1. The van der Waals surface area contributed by atoms with Gasteiger partial charge in [-0.3, -0.25) is 4.79 Å². The Morgan fingerprint density at radius 1 is 1.59 bits per heavy atom. The van der Waals surface area contributed by atoms with Gasteiger partial charge in [0.2, 0.25) is 0 Å². The van der Waals surface area contributed by atoms with Crippen molar-refractivity contribution in [2.24, 2.45) is 0 Å². The Balaban J connectivity index is 2.15. The lowest BCUT2D eigenvalue weighted by Crippen LogP contribution is -2.33. The van der Waals surface area contributed by atoms with E-state index >= 15 is 0 Å². The molecule has 1 unspecified atom stereocenters. The minimum Gasteiger partial charge on any atom is -0.507 e. The minimum absolute atomic E-state index is 0.0598. The summed E-state index contributed by atoms with van der Waals surface area (Å²) in [4.78, 5) is 13.9. The van der Waals surface area contributed by atoms with E-state index in [9.17, 15) is 9.90 Å². The first-order chi connectivity index (χ1) is 8.11. The van der Waals surface area contributed by atoms with Gasteiger partial charge in [0.25, 0.3) is 5.91 Å². The van der Waals surface area contributed by atoms with Gasteiger partial charge >= 0.3 is 0 Å². The maximum Gasteiger partial charge on any atom is 0.257 e. The van der Waals surface area contributed by atoms with Crippen LogP contribution in [0.25, 0.3) is 0 Å². The molecule has 0 aromatic heterocycles. The lowest BCUT2D eigenvalue weighted by Gasteiger charge is -2.17. The Labute approximate surface area is 105 Å². The van der Waals surface area contributed by atoms with Crippen molar-refractivity contribution in [1.82, 2.24) is 10.2 Å². The summed E-state index contributed by atoms with van der Waals surface area (Å²) in [6.07, 6.45) is 0.941. The SMILES string of the molecule is CNC1CCN(C(=O)c2ccc(Cl)cc2O)C1. The zero-order chi connectivity index (χ0) is 12.4. The fourth-order valence-electron chi connectivity index (χ4n) is 2.04. The molecule has 1 heterocycles. The van der Waals surface area contributed by atoms with Crippen molar-refractivity contribution in [2.75, 3.05) is 20.1 Å². The predicted molar refractivity (Wildman–Crippen MR) is 66.5 cm³/mol. The molecule has 1 fully saturated rings. The molecule has 0 aliphatic carbocycles. The molecule has 0 bridgehead atoms. The molecule has 1 aliphatic rings. The predicted octanol–water partition coefficient (Wildman–Crippen LogP) is 1.48. The Hall–Kier alpha value is -1.26. The molecule has 2 rings (SSSR count). The number of carbonyl (C=O) groups is 1. The van der Waals surface area contributed by atoms with E-state index in [-0.39, 0.29) is 11.7 Å². The van der Waals surface area contributed by atoms with E-state index in [1.54, 1.807) is 17.0 Å². The number of benzene rings is 1. The summed E-state index contributed by atoms with van der Waals surface area (Å²) in [5.41, 5.74) is 0.311. The van der Waals surface area contributed by atoms with E-state index in [4.69, 9.17) is 11.6 Å². The number of aromatic hydroxyl groups is 1. The van der Waals surface area contributed by atoms with Gasteiger partial charge in [0.15, 0.2) is 0 Å². The largest absolute Gasteiger partial charge is 0.507 e. The average molecular weight is 255 g/mol. The van der Waals surface area contributed by atoms with Crippen LogP contribution in [0, 0.1) is 0 Å². The highest BCUT2D eigenvalue weighted by atomic mass is 35.5. The number of likely N-dealkylation sites (tertiary alicyclic amines) is 1. The minimum atomic E-state index is -0.142. The molecule has 2 N–H and O–H groups in total. The van der Waals surface area contributed by atoms with Crippen LogP contribution in [0.4, 0.5) is 0 Å². The molecule has 1 aromatic rings. The van der Waals surface area contributed by atoms with Crippen molar-refractivity contribution in [3.63, 3.8) is 0 Å². The Morgan fingerprint density at radius 2 is 2.35 bits per heavy atom. The molecular weight excluding hydrogens is 240 g/mol. The quantitative estimate of drug-likeness (QED) is 0.841. The summed E-state index contributed by atoms with van der Waals surface area (Å²) < 4.78 is 0. The summed E-state index contributed by atoms with van der Waals surface area (Å²) in [6, 6.07) is 4.90. The number of rotatable bonds is 2. The van der Waals surface area contributed by atoms with Crippen LogP contribution in [-0.4, -0.2) is 42.1 Å². The van der Waals surface area contributed by atoms with Gasteiger partial charge in [0, 0.05) is 24.2 Å². The van der Waals surface area contributed by atoms with Crippen molar-refractivity contribution in [1.29, 1.82) is 0 Å². The number of hydrogen-bond acceptors (Lipinski definition) is 3. The molecule has 1 amide bonds. The molecule has 5 heteroatoms. The van der Waals surface area contributed by atoms with Gasteiger partial charge in [-0.05, 0) is 31.7 Å². The zero-order valence-electron chi connectivity index (χ0n) is 9.61. The number of halogens is 1. The van der Waals surface area contributed by atoms with Crippen molar-refractivity contribution < 1.29 is 9.90 Å². The molecule has 1 aliphatic heterocycles. The molecule has 1 atom stereocenters. The average Bonchev–Trinajstić information content (AvgIpc) is 2.76. The topological polar surface area (TPSA) is 52.6 Å². The van der Waals surface area contributed by atoms with E-state index in [0.29, 0.717) is 29.7 Å². The summed E-state index contributed by atoms with van der Waals surface area (Å²) in [5.74, 6) is -0.202. The van der Waals surface area contributed by atoms with Gasteiger partial charge in [-0.2, -0.15) is 0 Å². The summed E-state index contributed by atoms with van der Waals surface area (Å²) >= 11 is 5.73. The van der Waals surface area contributed by atoms with Crippen LogP contribution in [0.1, 0.15) is 16.8 Å². The second kappa shape index (κ2) is 4.94. The van der Waals surface area contributed by atoms with E-state index in [2.05, 4.69) is 5.32 Å². The Kier molecular flexibility index (Phi) is 3.54. The number of phenolic OH excluding ortho intramolecular Hbond substituents is 1. The van der Waals surface area contributed by atoms with Gasteiger partial charge < -0.3 is 15.3 Å². The van der Waals surface area contributed by atoms with Gasteiger partial charge in [-0.25, -0.2) is 0 Å². The lowest BCUT2D eigenvalue weighted by atomic mass is 10.2. The van der Waals surface area contributed by atoms with Crippen LogP contribution in [0.5, 0.6) is 5.75 Å². The summed E-state index contributed by atoms with van der Waals surface area (Å²) in [7, 11) is 1.89. The number of nitrogens with one attached hydrogen (secondary N) is 1. The molecule has 0 saturated carbocycles. The third-order valence-electron chi connectivity index (χ3n) is 3.07. The van der Waals surface area contributed by atoms with Gasteiger partial charge in [0.05, 0.1) is 5.56 Å². The van der Waals surface area contributed by atoms with Crippen LogP contribution in [-0.2, 0) is 0 Å². The molecule has 1 saturated heterocycles. The highest BCUT2D eigenvalue weighted by molar-refractivity contribution is 6.30. The van der Waals surface area contributed by atoms with Gasteiger partial charge in [-0.1, -0.05) is 11.6 Å². The highest BCUT2D eigenvalue weighted by Gasteiger charge is 2.27. The second-order valence-corrected chi connectivity index (χ2v) is 4.62. The highest BCUT2D eigenvalue weighted by Crippen LogP contribution is 2.24. The van der Waals surface area contributed by atoms with E-state index in [1.807, 2.05) is 7.05 Å². The first-order valence-corrected chi connectivity index (χ1v) is 5.94. The molecule has 17 heavy (non-hydrogen) atoms. The van der Waals surface area contributed by atoms with Crippen LogP contribution >= 0.6 is 11.6 Å². The van der Waals surface area contributed by atoms with Crippen molar-refractivity contribution in [3.8, 4) is 5.75 Å². The van der Waals surface area contributed by atoms with Gasteiger partial charge in [-0.15, -0.1) is 0 Å². The summed E-state index contributed by atoms with van der Waals surface area (Å²) in [6.45, 7) is 1.39. The van der Waals surface area contributed by atoms with Crippen molar-refractivity contribution in [2.45, 2.75) is 12.5 Å².